The van der Waals surface area contributed by atoms with Crippen molar-refractivity contribution in [1.29, 1.82) is 0 Å². The number of nitrogen functional groups attached to an aromatic ring is 2. The molecular formula is C85H84Cl2F6N12O9. The maximum absolute atomic E-state index is 13.1. The molecule has 21 nitrogen and oxygen atoms in total. The number of anilines is 2. The maximum atomic E-state index is 13.1. The third-order valence-electron chi connectivity index (χ3n) is 18.1. The van der Waals surface area contributed by atoms with Crippen LogP contribution in [0.1, 0.15) is 107 Å². The molecular weight excluding hydrogens is 1520 g/mol. The second kappa shape index (κ2) is 37.4. The first kappa shape index (κ1) is 85.8. The molecule has 0 radical (unpaired) electrons. The Morgan fingerprint density at radius 3 is 1.05 bits per heavy atom. The highest BCUT2D eigenvalue weighted by Gasteiger charge is 2.48. The molecule has 0 aliphatic carbocycles. The summed E-state index contributed by atoms with van der Waals surface area (Å²) in [5, 5.41) is 11.3. The quantitative estimate of drug-likeness (QED) is 0.0321. The minimum Gasteiger partial charge on any atom is -0.478 e. The molecule has 0 atom stereocenters. The molecule has 0 saturated carbocycles. The fourth-order valence-corrected chi connectivity index (χ4v) is 12.6. The van der Waals surface area contributed by atoms with E-state index >= 15 is 0 Å². The zero-order valence-electron chi connectivity index (χ0n) is 62.5. The number of nitrogens with zero attached hydrogens (tertiary/aromatic N) is 8. The number of furan rings is 3. The Labute approximate surface area is 664 Å². The first-order valence-electron chi connectivity index (χ1n) is 35.4. The summed E-state index contributed by atoms with van der Waals surface area (Å²) in [4.78, 5) is 83.5. The van der Waals surface area contributed by atoms with Crippen LogP contribution in [0.3, 0.4) is 0 Å². The van der Waals surface area contributed by atoms with Crippen LogP contribution in [0.15, 0.2) is 190 Å². The van der Waals surface area contributed by atoms with Gasteiger partial charge in [-0.25, -0.2) is 41.1 Å². The third kappa shape index (κ3) is 22.1. The topological polar surface area (TPSA) is 309 Å². The number of carboxylic acids is 1. The molecule has 14 rings (SSSR count). The minimum absolute atomic E-state index is 0. The first-order valence-corrected chi connectivity index (χ1v) is 36.4. The molecule has 3 fully saturated rings. The van der Waals surface area contributed by atoms with Gasteiger partial charge < -0.3 is 55.6 Å². The van der Waals surface area contributed by atoms with Gasteiger partial charge in [-0.2, -0.15) is 0 Å². The monoisotopic (exact) mass is 1600 g/mol. The normalized spacial score (nSPS) is 14.0. The van der Waals surface area contributed by atoms with Crippen molar-refractivity contribution < 1.29 is 68.7 Å². The number of nitrogens with two attached hydrogens (primary N) is 3. The van der Waals surface area contributed by atoms with Crippen LogP contribution in [0, 0.1) is 41.5 Å². The summed E-state index contributed by atoms with van der Waals surface area (Å²) < 4.78 is 95.9. The molecule has 4 amide bonds. The van der Waals surface area contributed by atoms with Crippen molar-refractivity contribution in [3.63, 3.8) is 0 Å². The number of aryl methyl sites for hydroxylation is 7. The first-order chi connectivity index (χ1) is 53.7. The molecule has 11 aromatic rings. The molecule has 8 aromatic heterocycles. The van der Waals surface area contributed by atoms with Crippen LogP contribution in [-0.2, 0) is 29.1 Å². The molecule has 3 aromatic carbocycles. The van der Waals surface area contributed by atoms with E-state index in [4.69, 9.17) is 58.8 Å². The fourth-order valence-electron chi connectivity index (χ4n) is 12.6. The lowest BCUT2D eigenvalue weighted by Gasteiger charge is -2.38. The molecule has 594 valence electrons. The summed E-state index contributed by atoms with van der Waals surface area (Å²) in [6.45, 7) is 11.4. The lowest BCUT2D eigenvalue weighted by molar-refractivity contribution is -0.131. The summed E-state index contributed by atoms with van der Waals surface area (Å²) in [5.41, 5.74) is 32.8. The summed E-state index contributed by atoms with van der Waals surface area (Å²) in [7, 11) is 0. The molecule has 114 heavy (non-hydrogen) atoms. The van der Waals surface area contributed by atoms with Gasteiger partial charge in [0.15, 0.2) is 0 Å². The van der Waals surface area contributed by atoms with E-state index in [1.165, 1.54) is 36.9 Å². The van der Waals surface area contributed by atoms with Crippen molar-refractivity contribution >= 4 is 76.6 Å². The van der Waals surface area contributed by atoms with Crippen LogP contribution in [0.5, 0.6) is 0 Å². The van der Waals surface area contributed by atoms with Gasteiger partial charge >= 0.3 is 5.97 Å². The van der Waals surface area contributed by atoms with Gasteiger partial charge in [0.25, 0.3) is 35.5 Å². The van der Waals surface area contributed by atoms with Crippen LogP contribution in [0.25, 0.3) is 79.9 Å². The second-order valence-corrected chi connectivity index (χ2v) is 27.8. The Kier molecular flexibility index (Phi) is 28.2. The van der Waals surface area contributed by atoms with Gasteiger partial charge in [-0.05, 0) is 232 Å². The molecule has 11 heterocycles. The van der Waals surface area contributed by atoms with Gasteiger partial charge in [0.2, 0.25) is 5.91 Å². The van der Waals surface area contributed by atoms with E-state index < -0.39 is 80.7 Å². The molecule has 0 bridgehead atoms. The van der Waals surface area contributed by atoms with E-state index in [1.54, 1.807) is 72.9 Å². The number of amides is 4. The van der Waals surface area contributed by atoms with Gasteiger partial charge in [-0.1, -0.05) is 14.4 Å². The van der Waals surface area contributed by atoms with Crippen molar-refractivity contribution in [2.24, 2.45) is 5.73 Å². The van der Waals surface area contributed by atoms with Crippen LogP contribution in [0.2, 0.25) is 0 Å². The van der Waals surface area contributed by atoms with E-state index in [2.05, 4.69) is 37.2 Å². The van der Waals surface area contributed by atoms with Crippen LogP contribution in [0.4, 0.5) is 38.0 Å². The average Bonchev–Trinajstić information content (AvgIpc) is 1.40. The number of alkyl halides is 8. The standard InChI is InChI=1S/C30H27F2N5O3.C23H22F2N2O2.C22H21F2N3O2.C8H8N2O2.CH2Cl2.CH4/c1-18-11-22(24-7-5-21(14-34-24)29(39)37-16-30(31,32)17-37)12-19(2)28(18)25-8-6-23(40-25)15-36-27(38)10-4-20-3-9-26(33)35-13-20;1-4-18-6-8-20(29-18)21-14(2)9-17(10-15(21)3)19-7-5-16(11-26-19)22(28)27-12-23(24,25)13-27;1-13-7-16(8-14(2)20(13)19-6-4-17(9-25)29-19)18-5-3-15(10-26-18)21(28)27-11-22(23,24)12-27;9-7-3-1-6(5-10-7)2-4-8(11)12;2-1-3;/h3-14H,15-17H2,1-2H3,(H2,33,35)(H,36,38);5-11H,4,12-13H2,1-3H3;3-8,10H,9,11-12,25H2,1-2H3;1-5H,(H2,9,10)(H,11,12);1H2;1H4/b10-4+;;;4-2+;;. The van der Waals surface area contributed by atoms with E-state index in [-0.39, 0.29) is 30.8 Å². The number of hydrogen-bond donors (Lipinski definition) is 5. The smallest absolute Gasteiger partial charge is 0.328 e. The van der Waals surface area contributed by atoms with Crippen molar-refractivity contribution in [1.82, 2.24) is 44.9 Å². The predicted octanol–water partition coefficient (Wildman–Crippen LogP) is 17.3. The molecule has 3 saturated heterocycles. The second-order valence-electron chi connectivity index (χ2n) is 27.0. The summed E-state index contributed by atoms with van der Waals surface area (Å²) in [6.07, 6.45) is 13.8. The Morgan fingerprint density at radius 2 is 0.781 bits per heavy atom. The summed E-state index contributed by atoms with van der Waals surface area (Å²) in [6, 6.07) is 40.3. The largest absolute Gasteiger partial charge is 0.478 e. The predicted molar refractivity (Wildman–Crippen MR) is 429 cm³/mol. The van der Waals surface area contributed by atoms with Crippen LogP contribution in [-0.4, -0.2) is 137 Å². The van der Waals surface area contributed by atoms with Gasteiger partial charge in [-0.3, -0.25) is 34.1 Å². The van der Waals surface area contributed by atoms with Gasteiger partial charge in [-0.15, -0.1) is 23.2 Å². The van der Waals surface area contributed by atoms with E-state index in [1.807, 2.05) is 114 Å². The molecule has 8 N–H and O–H groups in total. The van der Waals surface area contributed by atoms with Gasteiger partial charge in [0.1, 0.15) is 46.2 Å². The number of nitrogens with one attached hydrogen (secondary N) is 1. The molecule has 0 unspecified atom stereocenters. The lowest BCUT2D eigenvalue weighted by Crippen LogP contribution is -2.58. The number of benzene rings is 3. The Balaban J connectivity index is 0.000000181. The number of aromatic nitrogens is 5. The summed E-state index contributed by atoms with van der Waals surface area (Å²) in [5.74, 6) is -5.49. The zero-order chi connectivity index (χ0) is 81.6. The number of aliphatic carboxylic acids is 1. The number of carboxylic acid groups (broad SMARTS) is 1. The third-order valence-corrected chi connectivity index (χ3v) is 18.1. The Bertz CT molecular complexity index is 5040. The Hall–Kier alpha value is -12.2. The van der Waals surface area contributed by atoms with Crippen LogP contribution < -0.4 is 22.5 Å². The number of halogens is 8. The molecule has 29 heteroatoms. The minimum atomic E-state index is -2.81. The SMILES string of the molecule is C.CCc1ccc(-c2c(C)cc(-c3ccc(C(=O)N4CC(F)(F)C4)cn3)cc2C)o1.Cc1cc(-c2ccc(C(=O)N3CC(F)(F)C3)cn2)cc(C)c1-c1ccc(CN)o1.Cc1cc(-c2ccc(C(=O)N3CC(F)(F)C3)cn2)cc(C)c1-c1ccc(CNC(=O)/C=C/c2ccc(N)nc2)o1.ClCCl.Nc1ccc(/C=C/C(=O)O)cn1. The highest BCUT2D eigenvalue weighted by atomic mass is 35.5. The van der Waals surface area contributed by atoms with Crippen LogP contribution >= 0.6 is 23.2 Å². The van der Waals surface area contributed by atoms with Crippen molar-refractivity contribution in [3.05, 3.63) is 255 Å². The number of carbonyl (C=O) groups is 5. The van der Waals surface area contributed by atoms with Crippen molar-refractivity contribution in [2.45, 2.75) is 93.2 Å². The van der Waals surface area contributed by atoms with Crippen molar-refractivity contribution in [3.8, 4) is 67.7 Å². The number of rotatable bonds is 17. The molecule has 3 aliphatic rings. The van der Waals surface area contributed by atoms with E-state index in [0.29, 0.717) is 57.8 Å². The fraction of sp³-hybridized carbons (Fsp3) is 0.247. The average molecular weight is 1600 g/mol. The molecule has 3 aliphatic heterocycles. The summed E-state index contributed by atoms with van der Waals surface area (Å²) >= 11 is 9.53. The maximum Gasteiger partial charge on any atom is 0.328 e. The molecule has 0 spiro atoms. The van der Waals surface area contributed by atoms with E-state index in [0.717, 1.165) is 128 Å². The highest BCUT2D eigenvalue weighted by Crippen LogP contribution is 2.38. The number of likely N-dealkylation sites (tertiary alicyclic amines) is 3. The zero-order valence-corrected chi connectivity index (χ0v) is 64.0. The number of hydrogen-bond acceptors (Lipinski definition) is 16. The number of pyridine rings is 5. The highest BCUT2D eigenvalue weighted by molar-refractivity contribution is 6.40. The van der Waals surface area contributed by atoms with Gasteiger partial charge in [0.05, 0.1) is 91.5 Å². The number of carbonyl (C=O) groups excluding carboxylic acids is 4. The van der Waals surface area contributed by atoms with Crippen molar-refractivity contribution in [2.75, 3.05) is 56.1 Å². The van der Waals surface area contributed by atoms with E-state index in [9.17, 15) is 50.3 Å². The van der Waals surface area contributed by atoms with Gasteiger partial charge in [0, 0.05) is 82.9 Å². The Morgan fingerprint density at radius 1 is 0.465 bits per heavy atom. The lowest BCUT2D eigenvalue weighted by atomic mass is 9.96.